The van der Waals surface area contributed by atoms with E-state index in [0.717, 1.165) is 17.4 Å². The molecule has 0 unspecified atom stereocenters. The highest BCUT2D eigenvalue weighted by atomic mass is 32.2. The number of allylic oxidation sites excluding steroid dienone is 1. The molecule has 2 N–H and O–H groups in total. The zero-order valence-electron chi connectivity index (χ0n) is 21.7. The van der Waals surface area contributed by atoms with Crippen molar-refractivity contribution in [3.8, 4) is 11.5 Å². The highest BCUT2D eigenvalue weighted by Crippen LogP contribution is 2.41. The maximum Gasteiger partial charge on any atom is 0.328 e. The third kappa shape index (κ3) is 6.17. The number of sulfonamides is 1. The van der Waals surface area contributed by atoms with E-state index in [9.17, 15) is 18.0 Å². The SMILES string of the molecule is CC=C(Oc1ccc(NS(C)(=O)=O)cc1C)c1cc(N2CCC(=O)NC2=O)cc(C(C)(C)C)c1OC. The smallest absolute Gasteiger partial charge is 0.328 e. The molecular formula is C26H33N3O6S. The van der Waals surface area contributed by atoms with E-state index >= 15 is 0 Å². The van der Waals surface area contributed by atoms with Gasteiger partial charge in [-0.3, -0.25) is 19.7 Å². The standard InChI is InChI=1S/C26H33N3O6S/c1-8-21(35-22-10-9-17(13-16(22)2)28-36(7,32)33)19-14-18(29-12-11-23(30)27-25(29)31)15-20(24(19)34-6)26(3,4)5/h8-10,13-15,28H,11-12H2,1-7H3,(H,27,30,31). The topological polar surface area (TPSA) is 114 Å². The lowest BCUT2D eigenvalue weighted by atomic mass is 9.84. The number of anilines is 2. The lowest BCUT2D eigenvalue weighted by molar-refractivity contribution is -0.120. The van der Waals surface area contributed by atoms with Gasteiger partial charge in [-0.05, 0) is 61.2 Å². The molecule has 194 valence electrons. The first kappa shape index (κ1) is 27.1. The highest BCUT2D eigenvalue weighted by molar-refractivity contribution is 7.92. The molecular weight excluding hydrogens is 482 g/mol. The molecule has 1 aliphatic rings. The van der Waals surface area contributed by atoms with Gasteiger partial charge in [0.05, 0.1) is 18.9 Å². The van der Waals surface area contributed by atoms with Crippen LogP contribution in [0.2, 0.25) is 0 Å². The molecule has 1 saturated heterocycles. The molecule has 10 heteroatoms. The molecule has 0 aromatic heterocycles. The van der Waals surface area contributed by atoms with Crippen LogP contribution in [0.5, 0.6) is 11.5 Å². The second kappa shape index (κ2) is 10.2. The summed E-state index contributed by atoms with van der Waals surface area (Å²) in [4.78, 5) is 25.8. The minimum Gasteiger partial charge on any atom is -0.496 e. The van der Waals surface area contributed by atoms with Crippen molar-refractivity contribution in [3.63, 3.8) is 0 Å². The minimum absolute atomic E-state index is 0.206. The molecule has 0 saturated carbocycles. The predicted octanol–water partition coefficient (Wildman–Crippen LogP) is 4.56. The monoisotopic (exact) mass is 515 g/mol. The van der Waals surface area contributed by atoms with Crippen molar-refractivity contribution in [2.45, 2.75) is 46.5 Å². The zero-order chi connectivity index (χ0) is 26.8. The van der Waals surface area contributed by atoms with Gasteiger partial charge in [0.15, 0.2) is 0 Å². The van der Waals surface area contributed by atoms with E-state index < -0.39 is 16.1 Å². The van der Waals surface area contributed by atoms with Crippen LogP contribution in [-0.4, -0.2) is 40.3 Å². The summed E-state index contributed by atoms with van der Waals surface area (Å²) in [6.45, 7) is 10.1. The van der Waals surface area contributed by atoms with Crippen molar-refractivity contribution in [1.29, 1.82) is 0 Å². The van der Waals surface area contributed by atoms with Gasteiger partial charge < -0.3 is 9.47 Å². The Hall–Kier alpha value is -3.53. The second-order valence-corrected chi connectivity index (χ2v) is 11.4. The zero-order valence-corrected chi connectivity index (χ0v) is 22.5. The van der Waals surface area contributed by atoms with Gasteiger partial charge in [-0.2, -0.15) is 0 Å². The molecule has 0 atom stereocenters. The van der Waals surface area contributed by atoms with Crippen LogP contribution in [-0.2, 0) is 20.2 Å². The Kier molecular flexibility index (Phi) is 7.68. The third-order valence-corrected chi connectivity index (χ3v) is 6.28. The summed E-state index contributed by atoms with van der Waals surface area (Å²) in [5, 5.41) is 2.37. The summed E-state index contributed by atoms with van der Waals surface area (Å²) < 4.78 is 37.7. The number of amides is 3. The molecule has 0 bridgehead atoms. The van der Waals surface area contributed by atoms with E-state index in [1.165, 1.54) is 4.90 Å². The van der Waals surface area contributed by atoms with Gasteiger partial charge >= 0.3 is 6.03 Å². The number of hydrogen-bond acceptors (Lipinski definition) is 6. The van der Waals surface area contributed by atoms with Crippen LogP contribution in [0.4, 0.5) is 16.2 Å². The first-order valence-corrected chi connectivity index (χ1v) is 13.4. The molecule has 0 spiro atoms. The van der Waals surface area contributed by atoms with Crippen LogP contribution in [0.3, 0.4) is 0 Å². The molecule has 2 aromatic rings. The predicted molar refractivity (Wildman–Crippen MR) is 141 cm³/mol. The summed E-state index contributed by atoms with van der Waals surface area (Å²) in [7, 11) is -1.82. The van der Waals surface area contributed by atoms with Crippen LogP contribution in [0.25, 0.3) is 5.76 Å². The van der Waals surface area contributed by atoms with E-state index in [4.69, 9.17) is 9.47 Å². The minimum atomic E-state index is -3.41. The first-order valence-electron chi connectivity index (χ1n) is 11.5. The Morgan fingerprint density at radius 2 is 1.86 bits per heavy atom. The normalized spacial score (nSPS) is 15.0. The van der Waals surface area contributed by atoms with Crippen molar-refractivity contribution in [2.24, 2.45) is 0 Å². The van der Waals surface area contributed by atoms with Crippen molar-refractivity contribution in [2.75, 3.05) is 29.5 Å². The average molecular weight is 516 g/mol. The molecule has 0 radical (unpaired) electrons. The van der Waals surface area contributed by atoms with Crippen LogP contribution < -0.4 is 24.4 Å². The number of imide groups is 1. The number of benzene rings is 2. The number of aryl methyl sites for hydroxylation is 1. The number of rotatable bonds is 7. The quantitative estimate of drug-likeness (QED) is 0.523. The molecule has 3 amide bonds. The maximum atomic E-state index is 12.6. The Bertz CT molecular complexity index is 1330. The van der Waals surface area contributed by atoms with Crippen LogP contribution in [0, 0.1) is 6.92 Å². The number of ether oxygens (including phenoxy) is 2. The van der Waals surface area contributed by atoms with E-state index in [1.807, 2.05) is 46.8 Å². The number of hydrogen-bond donors (Lipinski definition) is 2. The molecule has 3 rings (SSSR count). The second-order valence-electron chi connectivity index (χ2n) is 9.69. The molecule has 1 heterocycles. The van der Waals surface area contributed by atoms with Crippen molar-refractivity contribution < 1.29 is 27.5 Å². The molecule has 1 aliphatic heterocycles. The van der Waals surface area contributed by atoms with E-state index in [2.05, 4.69) is 10.0 Å². The fraction of sp³-hybridized carbons (Fsp3) is 0.385. The fourth-order valence-electron chi connectivity index (χ4n) is 3.97. The van der Waals surface area contributed by atoms with Crippen LogP contribution in [0.15, 0.2) is 36.4 Å². The van der Waals surface area contributed by atoms with Gasteiger partial charge in [-0.15, -0.1) is 0 Å². The van der Waals surface area contributed by atoms with Crippen LogP contribution >= 0.6 is 0 Å². The molecule has 1 fully saturated rings. The Morgan fingerprint density at radius 3 is 2.39 bits per heavy atom. The number of carbonyl (C=O) groups is 2. The van der Waals surface area contributed by atoms with E-state index in [-0.39, 0.29) is 24.3 Å². The summed E-state index contributed by atoms with van der Waals surface area (Å²) in [6.07, 6.45) is 3.10. The van der Waals surface area contributed by atoms with Crippen molar-refractivity contribution in [1.82, 2.24) is 5.32 Å². The average Bonchev–Trinajstić information content (AvgIpc) is 2.76. The van der Waals surface area contributed by atoms with Crippen molar-refractivity contribution in [3.05, 3.63) is 53.1 Å². The molecule has 36 heavy (non-hydrogen) atoms. The van der Waals surface area contributed by atoms with Crippen molar-refractivity contribution >= 4 is 39.1 Å². The lowest BCUT2D eigenvalue weighted by Crippen LogP contribution is -2.49. The Morgan fingerprint density at radius 1 is 1.17 bits per heavy atom. The van der Waals surface area contributed by atoms with E-state index in [1.54, 1.807) is 31.4 Å². The Labute approximate surface area is 212 Å². The van der Waals surface area contributed by atoms with Gasteiger partial charge in [-0.1, -0.05) is 20.8 Å². The number of nitrogens with zero attached hydrogens (tertiary/aromatic N) is 1. The summed E-state index contributed by atoms with van der Waals surface area (Å²) in [5.41, 5.74) is 2.96. The molecule has 2 aromatic carbocycles. The number of methoxy groups -OCH3 is 1. The lowest BCUT2D eigenvalue weighted by Gasteiger charge is -2.31. The molecule has 0 aliphatic carbocycles. The fourth-order valence-corrected chi connectivity index (χ4v) is 4.52. The molecule has 9 nitrogen and oxygen atoms in total. The van der Waals surface area contributed by atoms with Gasteiger partial charge in [0.2, 0.25) is 15.9 Å². The Balaban J connectivity index is 2.09. The van der Waals surface area contributed by atoms with Gasteiger partial charge in [0, 0.05) is 29.9 Å². The third-order valence-electron chi connectivity index (χ3n) is 5.68. The maximum absolute atomic E-state index is 12.6. The summed E-state index contributed by atoms with van der Waals surface area (Å²) in [5.74, 6) is 1.34. The van der Waals surface area contributed by atoms with Gasteiger partial charge in [-0.25, -0.2) is 13.2 Å². The van der Waals surface area contributed by atoms with Gasteiger partial charge in [0.25, 0.3) is 0 Å². The summed E-state index contributed by atoms with van der Waals surface area (Å²) in [6, 6.07) is 8.24. The number of urea groups is 1. The highest BCUT2D eigenvalue weighted by Gasteiger charge is 2.30. The van der Waals surface area contributed by atoms with Crippen LogP contribution in [0.1, 0.15) is 50.8 Å². The van der Waals surface area contributed by atoms with Gasteiger partial charge in [0.1, 0.15) is 17.3 Å². The summed E-state index contributed by atoms with van der Waals surface area (Å²) >= 11 is 0. The largest absolute Gasteiger partial charge is 0.496 e. The number of carbonyl (C=O) groups excluding carboxylic acids is 2. The first-order chi connectivity index (χ1) is 16.7. The number of nitrogens with one attached hydrogen (secondary N) is 2. The van der Waals surface area contributed by atoms with E-state index in [0.29, 0.717) is 34.2 Å².